The van der Waals surface area contributed by atoms with Crippen LogP contribution in [-0.4, -0.2) is 113 Å². The number of carbonyl (C=O) groups is 4. The van der Waals surface area contributed by atoms with Gasteiger partial charge < -0.3 is 29.7 Å². The monoisotopic (exact) mass is 728 g/mol. The summed E-state index contributed by atoms with van der Waals surface area (Å²) in [5.41, 5.74) is -1.71. The minimum absolute atomic E-state index is 0.0325. The van der Waals surface area contributed by atoms with Crippen LogP contribution in [0.15, 0.2) is 36.9 Å². The van der Waals surface area contributed by atoms with E-state index in [1.165, 1.54) is 15.8 Å². The second-order valence-electron chi connectivity index (χ2n) is 14.6. The fraction of sp³-hybridized carbons (Fsp3) is 0.606. The molecule has 4 fully saturated rings. The number of likely N-dealkylation sites (tertiary alicyclic amines) is 1. The van der Waals surface area contributed by atoms with E-state index in [-0.39, 0.29) is 26.0 Å². The number of methoxy groups -OCH3 is 1. The molecule has 2 aliphatic heterocycles. The van der Waals surface area contributed by atoms with Gasteiger partial charge in [-0.25, -0.2) is 13.2 Å². The van der Waals surface area contributed by atoms with Crippen molar-refractivity contribution in [2.75, 3.05) is 26.9 Å². The Balaban J connectivity index is 1.26. The van der Waals surface area contributed by atoms with Crippen molar-refractivity contribution in [3.05, 3.63) is 36.9 Å². The third kappa shape index (κ3) is 7.71. The average molecular weight is 729 g/mol. The molecular formula is C33H44N8O9S. The Morgan fingerprint density at radius 2 is 1.86 bits per heavy atom. The van der Waals surface area contributed by atoms with E-state index in [9.17, 15) is 27.6 Å². The fourth-order valence-corrected chi connectivity index (χ4v) is 7.82. The standard InChI is InChI=1S/C33H44N8O9S/c1-6-20-16-33(20,30(44)38-51(46,47)24-11-12-24)35-28(42)25-15-21(41-37-27(36-39-41)19-7-9-22(48-5)10-8-19)17-40(25)29(43)26(32(2,3)4)34-31(45)50-23-13-14-49-18-23/h6-10,20-21,23-26H,1,11-18H2,2-5H3,(H,34,45)(H,35,42)(H,38,44)/t20-,21-,23?,25+,26-,33-/m1/s1. The highest BCUT2D eigenvalue weighted by Crippen LogP contribution is 2.45. The van der Waals surface area contributed by atoms with Crippen LogP contribution in [0.1, 0.15) is 58.9 Å². The van der Waals surface area contributed by atoms with E-state index >= 15 is 0 Å². The van der Waals surface area contributed by atoms with Crippen molar-refractivity contribution in [3.63, 3.8) is 0 Å². The molecule has 276 valence electrons. The Bertz CT molecular complexity index is 1780. The van der Waals surface area contributed by atoms with Crippen molar-refractivity contribution in [3.8, 4) is 17.1 Å². The molecule has 2 saturated carbocycles. The van der Waals surface area contributed by atoms with Gasteiger partial charge in [0.15, 0.2) is 0 Å². The van der Waals surface area contributed by atoms with Gasteiger partial charge in [0.2, 0.25) is 27.7 Å². The molecule has 0 bridgehead atoms. The molecule has 6 atom stereocenters. The highest BCUT2D eigenvalue weighted by Gasteiger charge is 2.62. The number of aromatic nitrogens is 4. The Labute approximate surface area is 295 Å². The zero-order chi connectivity index (χ0) is 36.7. The first-order valence-electron chi connectivity index (χ1n) is 16.9. The SMILES string of the molecule is C=C[C@@H]1C[C@]1(NC(=O)[C@@H]1C[C@@H](n2nnc(-c3ccc(OC)cc3)n2)CN1C(=O)[C@@H](NC(=O)OC1CCOC1)C(C)(C)C)C(=O)NS(=O)(=O)C1CC1. The Morgan fingerprint density at radius 3 is 2.45 bits per heavy atom. The highest BCUT2D eigenvalue weighted by molar-refractivity contribution is 7.91. The largest absolute Gasteiger partial charge is 0.497 e. The van der Waals surface area contributed by atoms with Crippen LogP contribution >= 0.6 is 0 Å². The average Bonchev–Trinajstić information content (AvgIpc) is 3.85. The van der Waals surface area contributed by atoms with Crippen molar-refractivity contribution in [2.24, 2.45) is 11.3 Å². The predicted molar refractivity (Wildman–Crippen MR) is 180 cm³/mol. The van der Waals surface area contributed by atoms with Crippen molar-refractivity contribution in [1.82, 2.24) is 40.5 Å². The fourth-order valence-electron chi connectivity index (χ4n) is 6.45. The van der Waals surface area contributed by atoms with Crippen LogP contribution in [0.4, 0.5) is 4.79 Å². The number of ether oxygens (including phenoxy) is 3. The third-order valence-electron chi connectivity index (χ3n) is 9.75. The first-order valence-corrected chi connectivity index (χ1v) is 18.5. The number of tetrazole rings is 1. The number of sulfonamides is 1. The Kier molecular flexibility index (Phi) is 9.84. The molecule has 1 unspecified atom stereocenters. The maximum absolute atomic E-state index is 14.4. The molecule has 4 aliphatic rings. The number of amides is 4. The molecule has 3 heterocycles. The Hall–Kier alpha value is -4.58. The zero-order valence-corrected chi connectivity index (χ0v) is 29.8. The molecule has 4 amide bonds. The lowest BCUT2D eigenvalue weighted by molar-refractivity contribution is -0.142. The molecular weight excluding hydrogens is 684 g/mol. The molecule has 1 aromatic heterocycles. The van der Waals surface area contributed by atoms with E-state index in [4.69, 9.17) is 14.2 Å². The second-order valence-corrected chi connectivity index (χ2v) is 16.5. The molecule has 2 saturated heterocycles. The molecule has 2 aliphatic carbocycles. The summed E-state index contributed by atoms with van der Waals surface area (Å²) in [7, 11) is -2.34. The highest BCUT2D eigenvalue weighted by atomic mass is 32.2. The first kappa shape index (κ1) is 36.2. The Morgan fingerprint density at radius 1 is 1.14 bits per heavy atom. The molecule has 0 radical (unpaired) electrons. The van der Waals surface area contributed by atoms with Crippen LogP contribution in [0.3, 0.4) is 0 Å². The van der Waals surface area contributed by atoms with Crippen LogP contribution in [0.5, 0.6) is 5.75 Å². The van der Waals surface area contributed by atoms with E-state index in [1.54, 1.807) is 52.1 Å². The molecule has 0 spiro atoms. The van der Waals surface area contributed by atoms with Gasteiger partial charge >= 0.3 is 6.09 Å². The van der Waals surface area contributed by atoms with Crippen LogP contribution in [0.2, 0.25) is 0 Å². The van der Waals surface area contributed by atoms with Crippen LogP contribution < -0.4 is 20.1 Å². The summed E-state index contributed by atoms with van der Waals surface area (Å²) in [4.78, 5) is 57.7. The van der Waals surface area contributed by atoms with Crippen molar-refractivity contribution in [2.45, 2.75) is 87.9 Å². The minimum atomic E-state index is -3.90. The van der Waals surface area contributed by atoms with Gasteiger partial charge in [0.25, 0.3) is 5.91 Å². The summed E-state index contributed by atoms with van der Waals surface area (Å²) in [5, 5.41) is 17.8. The second kappa shape index (κ2) is 13.9. The summed E-state index contributed by atoms with van der Waals surface area (Å²) in [6.45, 7) is 9.76. The van der Waals surface area contributed by atoms with Crippen molar-refractivity contribution >= 4 is 33.8 Å². The summed E-state index contributed by atoms with van der Waals surface area (Å²) in [6, 6.07) is 4.16. The maximum Gasteiger partial charge on any atom is 0.408 e. The number of carbonyl (C=O) groups excluding carboxylic acids is 4. The van der Waals surface area contributed by atoms with Gasteiger partial charge in [0.05, 0.1) is 31.6 Å². The van der Waals surface area contributed by atoms with E-state index in [1.807, 2.05) is 0 Å². The van der Waals surface area contributed by atoms with E-state index < -0.39 is 80.2 Å². The van der Waals surface area contributed by atoms with Crippen LogP contribution in [-0.2, 0) is 33.9 Å². The lowest BCUT2D eigenvalue weighted by Gasteiger charge is -2.35. The van der Waals surface area contributed by atoms with Gasteiger partial charge in [-0.1, -0.05) is 26.8 Å². The molecule has 3 N–H and O–H groups in total. The third-order valence-corrected chi connectivity index (χ3v) is 11.6. The number of alkyl carbamates (subject to hydrolysis) is 1. The van der Waals surface area contributed by atoms with Crippen molar-refractivity contribution < 1.29 is 41.8 Å². The summed E-state index contributed by atoms with van der Waals surface area (Å²) < 4.78 is 43.5. The van der Waals surface area contributed by atoms with Gasteiger partial charge in [-0.15, -0.1) is 16.8 Å². The lowest BCUT2D eigenvalue weighted by atomic mass is 9.85. The minimum Gasteiger partial charge on any atom is -0.497 e. The van der Waals surface area contributed by atoms with E-state index in [0.717, 1.165) is 0 Å². The number of nitrogens with zero attached hydrogens (tertiary/aromatic N) is 5. The summed E-state index contributed by atoms with van der Waals surface area (Å²) in [6.07, 6.45) is 1.86. The van der Waals surface area contributed by atoms with Gasteiger partial charge in [-0.05, 0) is 54.2 Å². The zero-order valence-electron chi connectivity index (χ0n) is 29.0. The molecule has 2 aromatic rings. The van der Waals surface area contributed by atoms with Gasteiger partial charge in [-0.2, -0.15) is 4.80 Å². The molecule has 51 heavy (non-hydrogen) atoms. The predicted octanol–water partition coefficient (Wildman–Crippen LogP) is 1.09. The molecule has 17 nitrogen and oxygen atoms in total. The summed E-state index contributed by atoms with van der Waals surface area (Å²) in [5.74, 6) is -1.65. The summed E-state index contributed by atoms with van der Waals surface area (Å²) >= 11 is 0. The quantitative estimate of drug-likeness (QED) is 0.262. The van der Waals surface area contributed by atoms with Gasteiger partial charge in [0.1, 0.15) is 29.5 Å². The lowest BCUT2D eigenvalue weighted by Crippen LogP contribution is -2.60. The number of rotatable bonds is 12. The normalized spacial score (nSPS) is 26.5. The van der Waals surface area contributed by atoms with E-state index in [2.05, 4.69) is 37.3 Å². The van der Waals surface area contributed by atoms with Gasteiger partial charge in [-0.3, -0.25) is 19.1 Å². The van der Waals surface area contributed by atoms with Crippen molar-refractivity contribution in [1.29, 1.82) is 0 Å². The van der Waals surface area contributed by atoms with E-state index in [0.29, 0.717) is 43.0 Å². The molecule has 6 rings (SSSR count). The van der Waals surface area contributed by atoms with Crippen LogP contribution in [0.25, 0.3) is 11.4 Å². The number of hydrogen-bond acceptors (Lipinski definition) is 12. The first-order chi connectivity index (χ1) is 24.1. The number of hydrogen-bond donors (Lipinski definition) is 3. The number of benzene rings is 1. The van der Waals surface area contributed by atoms with Gasteiger partial charge in [0, 0.05) is 30.9 Å². The molecule has 1 aromatic carbocycles. The topological polar surface area (TPSA) is 213 Å². The van der Waals surface area contributed by atoms with Crippen LogP contribution in [0, 0.1) is 11.3 Å². The number of nitrogens with one attached hydrogen (secondary N) is 3. The smallest absolute Gasteiger partial charge is 0.408 e. The molecule has 18 heteroatoms. The maximum atomic E-state index is 14.4.